The number of ether oxygens (including phenoxy) is 2. The summed E-state index contributed by atoms with van der Waals surface area (Å²) in [4.78, 5) is 14.1. The van der Waals surface area contributed by atoms with Gasteiger partial charge in [0.1, 0.15) is 5.69 Å². The molecule has 0 fully saturated rings. The van der Waals surface area contributed by atoms with Crippen LogP contribution in [0.4, 0.5) is 0 Å². The van der Waals surface area contributed by atoms with Crippen molar-refractivity contribution < 1.29 is 22.7 Å². The summed E-state index contributed by atoms with van der Waals surface area (Å²) < 4.78 is 32.2. The Morgan fingerprint density at radius 3 is 2.75 bits per heavy atom. The highest BCUT2D eigenvalue weighted by Gasteiger charge is 2.14. The van der Waals surface area contributed by atoms with Crippen molar-refractivity contribution >= 4 is 15.9 Å². The number of amides is 1. The number of aromatic nitrogens is 1. The maximum Gasteiger partial charge on any atom is 0.267 e. The maximum atomic E-state index is 11.7. The second-order valence-electron chi connectivity index (χ2n) is 4.01. The first-order valence-electron chi connectivity index (χ1n) is 6.01. The molecule has 1 amide bonds. The number of hydrogen-bond donors (Lipinski definition) is 3. The number of carbonyl (C=O) groups excluding carboxylic acids is 1. The van der Waals surface area contributed by atoms with Crippen LogP contribution in [0.15, 0.2) is 17.2 Å². The molecule has 1 rings (SSSR count). The summed E-state index contributed by atoms with van der Waals surface area (Å²) in [5, 5.41) is 7.58. The molecule has 0 aliphatic heterocycles. The summed E-state index contributed by atoms with van der Waals surface area (Å²) in [6.45, 7) is 1.98. The van der Waals surface area contributed by atoms with Gasteiger partial charge in [-0.25, -0.2) is 13.6 Å². The first-order valence-corrected chi connectivity index (χ1v) is 7.56. The Balaban J connectivity index is 2.28. The van der Waals surface area contributed by atoms with Gasteiger partial charge in [-0.3, -0.25) is 4.79 Å². The molecule has 0 unspecified atom stereocenters. The van der Waals surface area contributed by atoms with E-state index in [0.29, 0.717) is 32.8 Å². The zero-order valence-electron chi connectivity index (χ0n) is 11.2. The van der Waals surface area contributed by atoms with Crippen molar-refractivity contribution in [2.45, 2.75) is 11.3 Å². The Morgan fingerprint density at radius 2 is 2.15 bits per heavy atom. The third kappa shape index (κ3) is 5.70. The van der Waals surface area contributed by atoms with Crippen molar-refractivity contribution in [3.8, 4) is 0 Å². The zero-order valence-corrected chi connectivity index (χ0v) is 12.0. The summed E-state index contributed by atoms with van der Waals surface area (Å²) in [6.07, 6.45) is 1.83. The number of aromatic amines is 1. The third-order valence-electron chi connectivity index (χ3n) is 2.41. The van der Waals surface area contributed by atoms with Crippen LogP contribution in [-0.2, 0) is 19.5 Å². The normalized spacial score (nSPS) is 11.5. The van der Waals surface area contributed by atoms with Crippen LogP contribution in [0.1, 0.15) is 16.9 Å². The second-order valence-corrected chi connectivity index (χ2v) is 5.57. The van der Waals surface area contributed by atoms with Gasteiger partial charge in [0.2, 0.25) is 10.0 Å². The minimum absolute atomic E-state index is 0.120. The molecule has 9 heteroatoms. The molecule has 1 aromatic rings. The minimum Gasteiger partial charge on any atom is -0.382 e. The predicted molar refractivity (Wildman–Crippen MR) is 71.8 cm³/mol. The van der Waals surface area contributed by atoms with E-state index in [1.165, 1.54) is 12.3 Å². The molecule has 114 valence electrons. The number of methoxy groups -OCH3 is 1. The highest BCUT2D eigenvalue weighted by molar-refractivity contribution is 7.89. The first-order chi connectivity index (χ1) is 9.45. The van der Waals surface area contributed by atoms with Crippen LogP contribution in [0.5, 0.6) is 0 Å². The van der Waals surface area contributed by atoms with Gasteiger partial charge in [-0.15, -0.1) is 0 Å². The Morgan fingerprint density at radius 1 is 1.40 bits per heavy atom. The fourth-order valence-corrected chi connectivity index (χ4v) is 1.89. The highest BCUT2D eigenvalue weighted by Crippen LogP contribution is 2.08. The van der Waals surface area contributed by atoms with E-state index in [0.717, 1.165) is 0 Å². The number of carbonyl (C=O) groups is 1. The molecule has 8 nitrogen and oxygen atoms in total. The van der Waals surface area contributed by atoms with Crippen molar-refractivity contribution in [3.05, 3.63) is 18.0 Å². The lowest BCUT2D eigenvalue weighted by atomic mass is 10.4. The highest BCUT2D eigenvalue weighted by atomic mass is 32.2. The van der Waals surface area contributed by atoms with Crippen LogP contribution >= 0.6 is 0 Å². The van der Waals surface area contributed by atoms with Crippen LogP contribution in [0.3, 0.4) is 0 Å². The largest absolute Gasteiger partial charge is 0.382 e. The van der Waals surface area contributed by atoms with Gasteiger partial charge >= 0.3 is 0 Å². The van der Waals surface area contributed by atoms with Crippen molar-refractivity contribution in [2.24, 2.45) is 5.14 Å². The lowest BCUT2D eigenvalue weighted by molar-refractivity contribution is 0.0688. The third-order valence-corrected chi connectivity index (χ3v) is 3.31. The molecule has 0 aliphatic rings. The SMILES string of the molecule is COCCOCCCNC(=O)c1cc(S(N)(=O)=O)c[nH]1. The summed E-state index contributed by atoms with van der Waals surface area (Å²) in [7, 11) is -2.20. The molecular formula is C11H19N3O5S. The van der Waals surface area contributed by atoms with Crippen molar-refractivity contribution in [3.63, 3.8) is 0 Å². The van der Waals surface area contributed by atoms with Crippen LogP contribution in [0.2, 0.25) is 0 Å². The van der Waals surface area contributed by atoms with Gasteiger partial charge in [-0.05, 0) is 12.5 Å². The number of nitrogens with two attached hydrogens (primary N) is 1. The minimum atomic E-state index is -3.80. The van der Waals surface area contributed by atoms with Crippen LogP contribution < -0.4 is 10.5 Å². The van der Waals surface area contributed by atoms with E-state index in [4.69, 9.17) is 14.6 Å². The van der Waals surface area contributed by atoms with E-state index < -0.39 is 15.9 Å². The number of primary sulfonamides is 1. The summed E-state index contributed by atoms with van der Waals surface area (Å²) in [5.41, 5.74) is 0.148. The molecule has 0 atom stereocenters. The Kier molecular flexibility index (Phi) is 6.65. The lowest BCUT2D eigenvalue weighted by Crippen LogP contribution is -2.25. The Bertz CT molecular complexity index is 526. The van der Waals surface area contributed by atoms with Crippen LogP contribution in [-0.4, -0.2) is 52.8 Å². The second kappa shape index (κ2) is 8.00. The maximum absolute atomic E-state index is 11.7. The number of sulfonamides is 1. The first kappa shape index (κ1) is 16.6. The number of hydrogen-bond acceptors (Lipinski definition) is 5. The Labute approximate surface area is 117 Å². The van der Waals surface area contributed by atoms with E-state index in [-0.39, 0.29) is 10.6 Å². The molecule has 0 aliphatic carbocycles. The summed E-state index contributed by atoms with van der Waals surface area (Å²) in [6, 6.07) is 1.19. The van der Waals surface area contributed by atoms with Gasteiger partial charge in [0.15, 0.2) is 0 Å². The van der Waals surface area contributed by atoms with Gasteiger partial charge in [0.25, 0.3) is 5.91 Å². The quantitative estimate of drug-likeness (QED) is 0.528. The zero-order chi connectivity index (χ0) is 15.0. The van der Waals surface area contributed by atoms with E-state index in [1.807, 2.05) is 0 Å². The number of rotatable bonds is 9. The molecule has 20 heavy (non-hydrogen) atoms. The molecule has 0 saturated heterocycles. The molecule has 0 saturated carbocycles. The average Bonchev–Trinajstić information content (AvgIpc) is 2.87. The predicted octanol–water partition coefficient (Wildman–Crippen LogP) is -0.555. The summed E-state index contributed by atoms with van der Waals surface area (Å²) >= 11 is 0. The van der Waals surface area contributed by atoms with E-state index in [1.54, 1.807) is 7.11 Å². The molecule has 0 aromatic carbocycles. The smallest absolute Gasteiger partial charge is 0.267 e. The molecule has 4 N–H and O–H groups in total. The number of H-pyrrole nitrogens is 1. The fraction of sp³-hybridized carbons (Fsp3) is 0.545. The molecule has 1 heterocycles. The van der Waals surface area contributed by atoms with Gasteiger partial charge in [0, 0.05) is 26.5 Å². The topological polar surface area (TPSA) is 124 Å². The molecule has 0 radical (unpaired) electrons. The molecule has 1 aromatic heterocycles. The summed E-state index contributed by atoms with van der Waals surface area (Å²) in [5.74, 6) is -0.392. The van der Waals surface area contributed by atoms with E-state index in [9.17, 15) is 13.2 Å². The average molecular weight is 305 g/mol. The van der Waals surface area contributed by atoms with E-state index in [2.05, 4.69) is 10.3 Å². The van der Waals surface area contributed by atoms with Gasteiger partial charge in [0.05, 0.1) is 18.1 Å². The van der Waals surface area contributed by atoms with Gasteiger partial charge < -0.3 is 19.8 Å². The van der Waals surface area contributed by atoms with Gasteiger partial charge in [-0.1, -0.05) is 0 Å². The Hall–Kier alpha value is -1.42. The standard InChI is InChI=1S/C11H19N3O5S/c1-18-5-6-19-4-2-3-13-11(15)10-7-9(8-14-10)20(12,16)17/h7-8,14H,2-6H2,1H3,(H,13,15)(H2,12,16,17). The van der Waals surface area contributed by atoms with Crippen molar-refractivity contribution in [1.82, 2.24) is 10.3 Å². The monoisotopic (exact) mass is 305 g/mol. The molecular weight excluding hydrogens is 286 g/mol. The van der Waals surface area contributed by atoms with E-state index >= 15 is 0 Å². The number of nitrogens with one attached hydrogen (secondary N) is 2. The van der Waals surface area contributed by atoms with Crippen molar-refractivity contribution in [1.29, 1.82) is 0 Å². The molecule has 0 bridgehead atoms. The lowest BCUT2D eigenvalue weighted by Gasteiger charge is -2.05. The van der Waals surface area contributed by atoms with Crippen molar-refractivity contribution in [2.75, 3.05) is 33.5 Å². The van der Waals surface area contributed by atoms with Crippen LogP contribution in [0.25, 0.3) is 0 Å². The van der Waals surface area contributed by atoms with Gasteiger partial charge in [-0.2, -0.15) is 0 Å². The fourth-order valence-electron chi connectivity index (χ4n) is 1.39. The van der Waals surface area contributed by atoms with Crippen LogP contribution in [0, 0.1) is 0 Å². The molecule has 0 spiro atoms.